The molecule has 228 valence electrons. The fourth-order valence-corrected chi connectivity index (χ4v) is 7.44. The van der Waals surface area contributed by atoms with E-state index in [9.17, 15) is 31.2 Å². The van der Waals surface area contributed by atoms with Crippen LogP contribution in [0.4, 0.5) is 18.9 Å². The third-order valence-electron chi connectivity index (χ3n) is 7.97. The van der Waals surface area contributed by atoms with E-state index in [0.29, 0.717) is 61.6 Å². The monoisotopic (exact) mass is 631 g/mol. The topological polar surface area (TPSA) is 141 Å². The van der Waals surface area contributed by atoms with Crippen molar-refractivity contribution in [3.63, 3.8) is 0 Å². The molecule has 0 radical (unpaired) electrons. The predicted molar refractivity (Wildman–Crippen MR) is 145 cm³/mol. The Kier molecular flexibility index (Phi) is 7.11. The highest BCUT2D eigenvalue weighted by atomic mass is 32.2. The van der Waals surface area contributed by atoms with Crippen LogP contribution in [0.15, 0.2) is 21.8 Å². The van der Waals surface area contributed by atoms with E-state index in [1.54, 1.807) is 4.90 Å². The second-order valence-corrected chi connectivity index (χ2v) is 13.4. The summed E-state index contributed by atoms with van der Waals surface area (Å²) >= 11 is 0.508. The second-order valence-electron chi connectivity index (χ2n) is 10.7. The van der Waals surface area contributed by atoms with Crippen LogP contribution in [-0.2, 0) is 31.3 Å². The molecule has 2 saturated heterocycles. The Balaban J connectivity index is 1.45. The van der Waals surface area contributed by atoms with Crippen molar-refractivity contribution in [3.05, 3.63) is 27.6 Å². The summed E-state index contributed by atoms with van der Waals surface area (Å²) in [6.45, 7) is -0.00183. The molecular formula is C24H28F3N7O6S2. The Morgan fingerprint density at radius 2 is 1.88 bits per heavy atom. The standard InChI is InChI=1S/C24H28F3N7O6S2/c1-31-17-15(32-5-7-33(8-6-32)20(35)24(39-2)3-4-24)9-14(42(37,38)30-23(11-25)12-40-13-23)10-16(17)34(22(31)36)21-29-28-19(41-21)18(26)27/h9-10,18,30H,3-8,11-13H2,1-2H3. The van der Waals surface area contributed by atoms with Gasteiger partial charge in [0.05, 0.1) is 34.8 Å². The number of benzene rings is 1. The largest absolute Gasteiger partial charge is 0.377 e. The van der Waals surface area contributed by atoms with Crippen LogP contribution in [0.2, 0.25) is 0 Å². The van der Waals surface area contributed by atoms with E-state index in [0.717, 1.165) is 4.57 Å². The summed E-state index contributed by atoms with van der Waals surface area (Å²) in [7, 11) is -1.36. The molecule has 18 heteroatoms. The zero-order valence-electron chi connectivity index (χ0n) is 22.7. The molecule has 42 heavy (non-hydrogen) atoms. The van der Waals surface area contributed by atoms with Crippen molar-refractivity contribution < 1.29 is 35.9 Å². The van der Waals surface area contributed by atoms with Gasteiger partial charge in [0.1, 0.15) is 17.8 Å². The van der Waals surface area contributed by atoms with Gasteiger partial charge in [0.15, 0.2) is 5.01 Å². The summed E-state index contributed by atoms with van der Waals surface area (Å²) < 4.78 is 82.7. The third kappa shape index (κ3) is 4.68. The molecule has 6 rings (SSSR count). The number of halogens is 3. The fourth-order valence-electron chi connectivity index (χ4n) is 5.34. The number of piperazine rings is 1. The van der Waals surface area contributed by atoms with E-state index in [-0.39, 0.29) is 34.7 Å². The average Bonchev–Trinajstić information content (AvgIpc) is 3.54. The number of aryl methyl sites for hydroxylation is 1. The Morgan fingerprint density at radius 1 is 1.19 bits per heavy atom. The highest BCUT2D eigenvalue weighted by Crippen LogP contribution is 2.41. The Bertz CT molecular complexity index is 1700. The van der Waals surface area contributed by atoms with Gasteiger partial charge in [-0.1, -0.05) is 11.3 Å². The number of hydrogen-bond acceptors (Lipinski definition) is 10. The van der Waals surface area contributed by atoms with Crippen molar-refractivity contribution in [2.24, 2.45) is 7.05 Å². The number of carbonyl (C=O) groups is 1. The first-order chi connectivity index (χ1) is 19.9. The fraction of sp³-hybridized carbons (Fsp3) is 0.583. The van der Waals surface area contributed by atoms with E-state index in [2.05, 4.69) is 14.9 Å². The highest BCUT2D eigenvalue weighted by Gasteiger charge is 2.52. The number of carbonyl (C=O) groups excluding carboxylic acids is 1. The van der Waals surface area contributed by atoms with Crippen LogP contribution in [0.25, 0.3) is 16.2 Å². The molecule has 0 unspecified atom stereocenters. The molecule has 3 aromatic rings. The summed E-state index contributed by atoms with van der Waals surface area (Å²) in [5, 5.41) is 6.48. The number of methoxy groups -OCH3 is 1. The summed E-state index contributed by atoms with van der Waals surface area (Å²) in [5.74, 6) is -0.0979. The highest BCUT2D eigenvalue weighted by molar-refractivity contribution is 7.89. The number of rotatable bonds is 9. The normalized spacial score (nSPS) is 19.9. The van der Waals surface area contributed by atoms with Crippen LogP contribution in [0.5, 0.6) is 0 Å². The first-order valence-corrected chi connectivity index (χ1v) is 15.4. The number of anilines is 1. The van der Waals surface area contributed by atoms with E-state index >= 15 is 0 Å². The van der Waals surface area contributed by atoms with Crippen LogP contribution in [-0.4, -0.2) is 103 Å². The average molecular weight is 632 g/mol. The molecule has 2 aliphatic heterocycles. The molecule has 3 aliphatic rings. The molecule has 1 aromatic carbocycles. The van der Waals surface area contributed by atoms with Crippen LogP contribution in [0, 0.1) is 0 Å². The maximum absolute atomic E-state index is 13.8. The number of ether oxygens (including phenoxy) is 2. The molecule has 0 bridgehead atoms. The van der Waals surface area contributed by atoms with Crippen LogP contribution >= 0.6 is 11.3 Å². The zero-order chi connectivity index (χ0) is 30.0. The number of hydrogen-bond donors (Lipinski definition) is 1. The minimum Gasteiger partial charge on any atom is -0.377 e. The molecular weight excluding hydrogens is 603 g/mol. The third-order valence-corrected chi connectivity index (χ3v) is 10.4. The van der Waals surface area contributed by atoms with E-state index in [4.69, 9.17) is 9.47 Å². The van der Waals surface area contributed by atoms with Gasteiger partial charge in [-0.3, -0.25) is 9.36 Å². The van der Waals surface area contributed by atoms with Gasteiger partial charge in [0, 0.05) is 40.3 Å². The molecule has 2 aromatic heterocycles. The maximum Gasteiger partial charge on any atom is 0.335 e. The smallest absolute Gasteiger partial charge is 0.335 e. The predicted octanol–water partition coefficient (Wildman–Crippen LogP) is 0.963. The van der Waals surface area contributed by atoms with Crippen LogP contribution < -0.4 is 15.3 Å². The van der Waals surface area contributed by atoms with Gasteiger partial charge in [0.2, 0.25) is 15.2 Å². The summed E-state index contributed by atoms with van der Waals surface area (Å²) in [6.07, 6.45) is -1.61. The van der Waals surface area contributed by atoms with Crippen molar-refractivity contribution in [2.75, 3.05) is 58.1 Å². The minimum atomic E-state index is -4.35. The van der Waals surface area contributed by atoms with Crippen molar-refractivity contribution in [1.82, 2.24) is 29.0 Å². The van der Waals surface area contributed by atoms with Crippen molar-refractivity contribution in [1.29, 1.82) is 0 Å². The van der Waals surface area contributed by atoms with E-state index in [1.807, 2.05) is 4.90 Å². The van der Waals surface area contributed by atoms with Crippen LogP contribution in [0.3, 0.4) is 0 Å². The Labute approximate surface area is 241 Å². The van der Waals surface area contributed by atoms with Gasteiger partial charge in [-0.25, -0.2) is 31.0 Å². The number of sulfonamides is 1. The SMILES string of the molecule is COC1(C(=O)N2CCN(c3cc(S(=O)(=O)NC4(CF)COC4)cc4c3n(C)c(=O)n4-c3nnc(C(F)F)s3)CC2)CC1. The Morgan fingerprint density at radius 3 is 2.40 bits per heavy atom. The van der Waals surface area contributed by atoms with Gasteiger partial charge in [0.25, 0.3) is 12.3 Å². The summed E-state index contributed by atoms with van der Waals surface area (Å²) in [5.41, 5.74) is -2.07. The molecule has 1 saturated carbocycles. The lowest BCUT2D eigenvalue weighted by Gasteiger charge is -2.39. The first-order valence-electron chi connectivity index (χ1n) is 13.1. The molecule has 1 amide bonds. The number of nitrogens with zero attached hydrogens (tertiary/aromatic N) is 6. The van der Waals surface area contributed by atoms with E-state index in [1.165, 1.54) is 30.9 Å². The molecule has 1 N–H and O–H groups in total. The summed E-state index contributed by atoms with van der Waals surface area (Å²) in [4.78, 5) is 29.7. The van der Waals surface area contributed by atoms with Gasteiger partial charge in [-0.2, -0.15) is 4.72 Å². The van der Waals surface area contributed by atoms with Crippen molar-refractivity contribution in [2.45, 2.75) is 35.3 Å². The van der Waals surface area contributed by atoms with E-state index < -0.39 is 45.0 Å². The molecule has 3 fully saturated rings. The number of fused-ring (bicyclic) bond motifs is 1. The van der Waals surface area contributed by atoms with Crippen molar-refractivity contribution in [3.8, 4) is 5.13 Å². The van der Waals surface area contributed by atoms with Gasteiger partial charge < -0.3 is 19.3 Å². The van der Waals surface area contributed by atoms with Gasteiger partial charge in [-0.15, -0.1) is 10.2 Å². The Hall–Kier alpha value is -3.06. The lowest BCUT2D eigenvalue weighted by Crippen LogP contribution is -2.63. The zero-order valence-corrected chi connectivity index (χ0v) is 24.3. The molecule has 0 atom stereocenters. The maximum atomic E-state index is 13.8. The molecule has 13 nitrogen and oxygen atoms in total. The number of nitrogens with one attached hydrogen (secondary N) is 1. The lowest BCUT2D eigenvalue weighted by atomic mass is 10.0. The molecule has 4 heterocycles. The minimum absolute atomic E-state index is 0.0892. The number of amides is 1. The number of alkyl halides is 3. The quantitative estimate of drug-likeness (QED) is 0.366. The number of imidazole rings is 1. The molecule has 0 spiro atoms. The lowest BCUT2D eigenvalue weighted by molar-refractivity contribution is -0.144. The second kappa shape index (κ2) is 10.3. The van der Waals surface area contributed by atoms with Crippen LogP contribution in [0.1, 0.15) is 24.3 Å². The number of aromatic nitrogens is 4. The molecule has 1 aliphatic carbocycles. The van der Waals surface area contributed by atoms with Gasteiger partial charge in [-0.05, 0) is 25.0 Å². The van der Waals surface area contributed by atoms with Gasteiger partial charge >= 0.3 is 5.69 Å². The first kappa shape index (κ1) is 29.0. The summed E-state index contributed by atoms with van der Waals surface area (Å²) in [6, 6.07) is 2.62. The van der Waals surface area contributed by atoms with Crippen molar-refractivity contribution >= 4 is 44.0 Å².